The maximum Gasteiger partial charge on any atom is 0.221 e. The molecule has 0 heterocycles. The number of amides is 1. The predicted octanol–water partition coefficient (Wildman–Crippen LogP) is 2.66. The van der Waals surface area contributed by atoms with Crippen molar-refractivity contribution in [3.63, 3.8) is 0 Å². The van der Waals surface area contributed by atoms with Crippen LogP contribution in [0.5, 0.6) is 5.75 Å². The Morgan fingerprint density at radius 1 is 1.12 bits per heavy atom. The summed E-state index contributed by atoms with van der Waals surface area (Å²) in [4.78, 5) is 16.2. The quantitative estimate of drug-likeness (QED) is 0.418. The Labute approximate surface area is 157 Å². The summed E-state index contributed by atoms with van der Waals surface area (Å²) in [5, 5.41) is 9.31. The number of hydrogen-bond acceptors (Lipinski definition) is 3. The van der Waals surface area contributed by atoms with E-state index < -0.39 is 0 Å². The first-order valence-corrected chi connectivity index (χ1v) is 9.53. The van der Waals surface area contributed by atoms with Crippen LogP contribution in [0.4, 0.5) is 0 Å². The van der Waals surface area contributed by atoms with E-state index in [9.17, 15) is 4.79 Å². The van der Waals surface area contributed by atoms with Gasteiger partial charge in [-0.2, -0.15) is 0 Å². The van der Waals surface area contributed by atoms with Gasteiger partial charge in [0.05, 0.1) is 7.11 Å². The van der Waals surface area contributed by atoms with E-state index in [1.54, 1.807) is 7.11 Å². The number of ether oxygens (including phenoxy) is 1. The standard InChI is InChI=1S/C20H34N4O2/c1-5-13-22-19(25)12-15-24-20(21-6-2)23-14-11-16(3)17-7-9-18(26-4)10-8-17/h7-10,16H,5-6,11-15H2,1-4H3,(H,22,25)(H2,21,23,24). The maximum absolute atomic E-state index is 11.6. The van der Waals surface area contributed by atoms with E-state index in [1.165, 1.54) is 5.56 Å². The van der Waals surface area contributed by atoms with Crippen LogP contribution >= 0.6 is 0 Å². The molecule has 0 aliphatic rings. The van der Waals surface area contributed by atoms with Gasteiger partial charge in [-0.15, -0.1) is 0 Å². The van der Waals surface area contributed by atoms with Gasteiger partial charge in [-0.05, 0) is 43.4 Å². The molecular formula is C20H34N4O2. The fraction of sp³-hybridized carbons (Fsp3) is 0.600. The second-order valence-electron chi connectivity index (χ2n) is 6.25. The summed E-state index contributed by atoms with van der Waals surface area (Å²) in [6.45, 7) is 9.11. The van der Waals surface area contributed by atoms with Crippen LogP contribution in [0.3, 0.4) is 0 Å². The van der Waals surface area contributed by atoms with E-state index in [4.69, 9.17) is 4.74 Å². The van der Waals surface area contributed by atoms with Crippen molar-refractivity contribution in [2.24, 2.45) is 4.99 Å². The average Bonchev–Trinajstić information content (AvgIpc) is 2.66. The summed E-state index contributed by atoms with van der Waals surface area (Å²) in [7, 11) is 1.68. The zero-order chi connectivity index (χ0) is 19.2. The Balaban J connectivity index is 2.40. The van der Waals surface area contributed by atoms with Gasteiger partial charge in [0, 0.05) is 32.6 Å². The first-order valence-electron chi connectivity index (χ1n) is 9.53. The molecule has 0 spiro atoms. The van der Waals surface area contributed by atoms with Gasteiger partial charge < -0.3 is 20.7 Å². The summed E-state index contributed by atoms with van der Waals surface area (Å²) in [6.07, 6.45) is 2.36. The summed E-state index contributed by atoms with van der Waals surface area (Å²) < 4.78 is 5.20. The Kier molecular flexibility index (Phi) is 10.9. The van der Waals surface area contributed by atoms with Crippen molar-refractivity contribution in [2.45, 2.75) is 46.0 Å². The largest absolute Gasteiger partial charge is 0.497 e. The van der Waals surface area contributed by atoms with Crippen molar-refractivity contribution in [2.75, 3.05) is 33.3 Å². The lowest BCUT2D eigenvalue weighted by Crippen LogP contribution is -2.39. The molecule has 1 atom stereocenters. The first kappa shape index (κ1) is 21.8. The molecule has 0 saturated carbocycles. The van der Waals surface area contributed by atoms with Crippen LogP contribution in [0.2, 0.25) is 0 Å². The number of rotatable bonds is 11. The Morgan fingerprint density at radius 3 is 2.46 bits per heavy atom. The van der Waals surface area contributed by atoms with E-state index in [1.807, 2.05) is 26.0 Å². The number of carbonyl (C=O) groups excluding carboxylic acids is 1. The first-order chi connectivity index (χ1) is 12.6. The second-order valence-corrected chi connectivity index (χ2v) is 6.25. The lowest BCUT2D eigenvalue weighted by Gasteiger charge is -2.13. The van der Waals surface area contributed by atoms with Crippen molar-refractivity contribution in [3.05, 3.63) is 29.8 Å². The van der Waals surface area contributed by atoms with Crippen LogP contribution in [-0.4, -0.2) is 45.2 Å². The highest BCUT2D eigenvalue weighted by Crippen LogP contribution is 2.21. The van der Waals surface area contributed by atoms with E-state index in [2.05, 4.69) is 40.0 Å². The highest BCUT2D eigenvalue weighted by atomic mass is 16.5. The fourth-order valence-corrected chi connectivity index (χ4v) is 2.46. The number of nitrogens with zero attached hydrogens (tertiary/aromatic N) is 1. The third-order valence-electron chi connectivity index (χ3n) is 4.08. The number of hydrogen-bond donors (Lipinski definition) is 3. The molecule has 0 radical (unpaired) electrons. The molecular weight excluding hydrogens is 328 g/mol. The Hall–Kier alpha value is -2.24. The molecule has 1 rings (SSSR count). The molecule has 0 fully saturated rings. The van der Waals surface area contributed by atoms with Crippen molar-refractivity contribution in [1.82, 2.24) is 16.0 Å². The van der Waals surface area contributed by atoms with Crippen molar-refractivity contribution < 1.29 is 9.53 Å². The topological polar surface area (TPSA) is 74.8 Å². The minimum Gasteiger partial charge on any atom is -0.497 e. The zero-order valence-electron chi connectivity index (χ0n) is 16.6. The summed E-state index contributed by atoms with van der Waals surface area (Å²) in [5.41, 5.74) is 1.28. The SMILES string of the molecule is CCCNC(=O)CCNC(=NCCC(C)c1ccc(OC)cc1)NCC. The number of guanidine groups is 1. The van der Waals surface area contributed by atoms with E-state index in [-0.39, 0.29) is 5.91 Å². The lowest BCUT2D eigenvalue weighted by molar-refractivity contribution is -0.120. The van der Waals surface area contributed by atoms with Crippen LogP contribution in [0.15, 0.2) is 29.3 Å². The van der Waals surface area contributed by atoms with Crippen molar-refractivity contribution >= 4 is 11.9 Å². The molecule has 1 amide bonds. The van der Waals surface area contributed by atoms with Gasteiger partial charge in [-0.25, -0.2) is 0 Å². The zero-order valence-corrected chi connectivity index (χ0v) is 16.6. The number of carbonyl (C=O) groups is 1. The molecule has 1 aromatic carbocycles. The van der Waals surface area contributed by atoms with Crippen LogP contribution in [0.25, 0.3) is 0 Å². The van der Waals surface area contributed by atoms with Crippen LogP contribution in [0, 0.1) is 0 Å². The van der Waals surface area contributed by atoms with E-state index in [0.29, 0.717) is 18.9 Å². The minimum atomic E-state index is 0.0725. The number of aliphatic imine (C=N–C) groups is 1. The van der Waals surface area contributed by atoms with Crippen molar-refractivity contribution in [1.29, 1.82) is 0 Å². The molecule has 1 unspecified atom stereocenters. The van der Waals surface area contributed by atoms with E-state index >= 15 is 0 Å². The normalized spacial score (nSPS) is 12.4. The number of nitrogens with one attached hydrogen (secondary N) is 3. The van der Waals surface area contributed by atoms with Gasteiger partial charge in [0.2, 0.25) is 5.91 Å². The molecule has 146 valence electrons. The molecule has 6 heteroatoms. The van der Waals surface area contributed by atoms with Gasteiger partial charge in [0.25, 0.3) is 0 Å². The van der Waals surface area contributed by atoms with Gasteiger partial charge in [-0.1, -0.05) is 26.0 Å². The van der Waals surface area contributed by atoms with Gasteiger partial charge in [0.1, 0.15) is 5.75 Å². The molecule has 0 bridgehead atoms. The molecule has 6 nitrogen and oxygen atoms in total. The van der Waals surface area contributed by atoms with Crippen LogP contribution in [-0.2, 0) is 4.79 Å². The maximum atomic E-state index is 11.6. The summed E-state index contributed by atoms with van der Waals surface area (Å²) >= 11 is 0. The fourth-order valence-electron chi connectivity index (χ4n) is 2.46. The third kappa shape index (κ3) is 8.74. The van der Waals surface area contributed by atoms with Crippen molar-refractivity contribution in [3.8, 4) is 5.75 Å². The summed E-state index contributed by atoms with van der Waals surface area (Å²) in [5.74, 6) is 2.13. The number of benzene rings is 1. The number of methoxy groups -OCH3 is 1. The summed E-state index contributed by atoms with van der Waals surface area (Å²) in [6, 6.07) is 8.19. The minimum absolute atomic E-state index is 0.0725. The van der Waals surface area contributed by atoms with Crippen LogP contribution in [0.1, 0.15) is 51.5 Å². The smallest absolute Gasteiger partial charge is 0.221 e. The molecule has 1 aromatic rings. The second kappa shape index (κ2) is 13.0. The van der Waals surface area contributed by atoms with E-state index in [0.717, 1.165) is 44.2 Å². The van der Waals surface area contributed by atoms with Crippen LogP contribution < -0.4 is 20.7 Å². The van der Waals surface area contributed by atoms with Gasteiger partial charge >= 0.3 is 0 Å². The molecule has 0 aliphatic heterocycles. The third-order valence-corrected chi connectivity index (χ3v) is 4.08. The molecule has 26 heavy (non-hydrogen) atoms. The monoisotopic (exact) mass is 362 g/mol. The highest BCUT2D eigenvalue weighted by molar-refractivity contribution is 5.81. The van der Waals surface area contributed by atoms with Gasteiger partial charge in [0.15, 0.2) is 5.96 Å². The predicted molar refractivity (Wildman–Crippen MR) is 108 cm³/mol. The Morgan fingerprint density at radius 2 is 1.85 bits per heavy atom. The molecule has 0 aromatic heterocycles. The van der Waals surface area contributed by atoms with Gasteiger partial charge in [-0.3, -0.25) is 9.79 Å². The highest BCUT2D eigenvalue weighted by Gasteiger charge is 2.06. The lowest BCUT2D eigenvalue weighted by atomic mass is 9.98. The molecule has 0 saturated heterocycles. The average molecular weight is 363 g/mol. The molecule has 0 aliphatic carbocycles. The molecule has 3 N–H and O–H groups in total. The Bertz CT molecular complexity index is 543.